The summed E-state index contributed by atoms with van der Waals surface area (Å²) in [6.07, 6.45) is 4.64. The number of anilines is 1. The number of methoxy groups -OCH3 is 1. The second-order valence-corrected chi connectivity index (χ2v) is 8.61. The van der Waals surface area contributed by atoms with Crippen LogP contribution in [0.25, 0.3) is 17.0 Å². The van der Waals surface area contributed by atoms with Crippen LogP contribution in [0.2, 0.25) is 0 Å². The number of H-pyrrole nitrogens is 1. The van der Waals surface area contributed by atoms with E-state index in [1.54, 1.807) is 36.3 Å². The van der Waals surface area contributed by atoms with E-state index >= 15 is 0 Å². The molecule has 3 N–H and O–H groups in total. The molecule has 0 spiro atoms. The molecule has 1 aliphatic rings. The first kappa shape index (κ1) is 26.0. The Labute approximate surface area is 216 Å². The van der Waals surface area contributed by atoms with E-state index in [0.717, 1.165) is 23.7 Å². The molecule has 0 radical (unpaired) electrons. The Bertz CT molecular complexity index is 1230. The molecule has 1 aliphatic heterocycles. The molecule has 2 amide bonds. The number of likely N-dealkylation sites (tertiary alicyclic amines) is 1. The molecule has 0 bridgehead atoms. The summed E-state index contributed by atoms with van der Waals surface area (Å²) < 4.78 is 16.4. The number of fused-ring (bicyclic) bond motifs is 1. The molecule has 1 fully saturated rings. The van der Waals surface area contributed by atoms with Crippen molar-refractivity contribution in [2.24, 2.45) is 0 Å². The molecule has 0 atom stereocenters. The van der Waals surface area contributed by atoms with Crippen LogP contribution in [0, 0.1) is 0 Å². The van der Waals surface area contributed by atoms with Gasteiger partial charge in [-0.3, -0.25) is 9.89 Å². The third kappa shape index (κ3) is 7.01. The molecule has 10 heteroatoms. The predicted molar refractivity (Wildman–Crippen MR) is 142 cm³/mol. The quantitative estimate of drug-likeness (QED) is 0.282. The van der Waals surface area contributed by atoms with Gasteiger partial charge in [0.1, 0.15) is 6.61 Å². The molecule has 0 saturated carbocycles. The van der Waals surface area contributed by atoms with Crippen molar-refractivity contribution in [2.75, 3.05) is 45.3 Å². The third-order valence-electron chi connectivity index (χ3n) is 6.14. The van der Waals surface area contributed by atoms with E-state index < -0.39 is 0 Å². The van der Waals surface area contributed by atoms with Gasteiger partial charge in [0.25, 0.3) is 0 Å². The maximum Gasteiger partial charge on any atom is 0.409 e. The summed E-state index contributed by atoms with van der Waals surface area (Å²) in [6.45, 7) is 4.70. The summed E-state index contributed by atoms with van der Waals surface area (Å²) >= 11 is 0. The average molecular weight is 508 g/mol. The largest absolute Gasteiger partial charge is 0.493 e. The molecule has 196 valence electrons. The number of nitrogens with one attached hydrogen (secondary N) is 3. The molecular weight excluding hydrogens is 474 g/mol. The first-order valence-electron chi connectivity index (χ1n) is 12.5. The Morgan fingerprint density at radius 2 is 1.97 bits per heavy atom. The number of aromatic amines is 1. The number of para-hydroxylation sites is 1. The number of hydrogen-bond donors (Lipinski definition) is 3. The van der Waals surface area contributed by atoms with Crippen molar-refractivity contribution in [3.05, 3.63) is 54.2 Å². The van der Waals surface area contributed by atoms with Gasteiger partial charge in [-0.2, -0.15) is 5.10 Å². The minimum atomic E-state index is -0.277. The molecule has 37 heavy (non-hydrogen) atoms. The lowest BCUT2D eigenvalue weighted by atomic mass is 10.1. The Balaban J connectivity index is 1.22. The molecule has 0 unspecified atom stereocenters. The van der Waals surface area contributed by atoms with Gasteiger partial charge in [-0.25, -0.2) is 4.79 Å². The zero-order valence-electron chi connectivity index (χ0n) is 21.2. The molecule has 4 rings (SSSR count). The Morgan fingerprint density at radius 1 is 1.16 bits per heavy atom. The number of carbonyl (C=O) groups excluding carboxylic acids is 2. The number of rotatable bonds is 10. The van der Waals surface area contributed by atoms with Gasteiger partial charge in [0.15, 0.2) is 11.5 Å². The standard InChI is InChI=1S/C27H33N5O5/c1-3-36-27(34)32-15-12-19(13-16-32)28-14-17-37-24-10-8-20(18-25(24)35-2)29-26(33)11-9-23-21-6-4-5-7-22(21)30-31-23/h4-11,18-19,28H,3,12-17H2,1-2H3,(H,29,33)(H,30,31). The van der Waals surface area contributed by atoms with Crippen LogP contribution in [0.4, 0.5) is 10.5 Å². The molecule has 1 aromatic heterocycles. The van der Waals surface area contributed by atoms with Gasteiger partial charge in [0, 0.05) is 48.9 Å². The van der Waals surface area contributed by atoms with E-state index in [1.807, 2.05) is 31.2 Å². The minimum Gasteiger partial charge on any atom is -0.493 e. The Hall–Kier alpha value is -4.05. The van der Waals surface area contributed by atoms with Crippen molar-refractivity contribution >= 4 is 34.7 Å². The second kappa shape index (κ2) is 12.8. The van der Waals surface area contributed by atoms with E-state index in [0.29, 0.717) is 61.8 Å². The van der Waals surface area contributed by atoms with Gasteiger partial charge in [-0.05, 0) is 44.0 Å². The lowest BCUT2D eigenvalue weighted by Crippen LogP contribution is -2.45. The number of piperidine rings is 1. The highest BCUT2D eigenvalue weighted by Gasteiger charge is 2.23. The first-order chi connectivity index (χ1) is 18.1. The molecule has 2 aromatic carbocycles. The number of ether oxygens (including phenoxy) is 3. The summed E-state index contributed by atoms with van der Waals surface area (Å²) in [7, 11) is 1.56. The van der Waals surface area contributed by atoms with Crippen LogP contribution in [0.1, 0.15) is 25.5 Å². The van der Waals surface area contributed by atoms with Gasteiger partial charge in [-0.1, -0.05) is 18.2 Å². The summed E-state index contributed by atoms with van der Waals surface area (Å²) in [4.78, 5) is 26.0. The highest BCUT2D eigenvalue weighted by atomic mass is 16.6. The fraction of sp³-hybridized carbons (Fsp3) is 0.370. The summed E-state index contributed by atoms with van der Waals surface area (Å²) in [5, 5.41) is 14.5. The van der Waals surface area contributed by atoms with Crippen molar-refractivity contribution in [2.45, 2.75) is 25.8 Å². The van der Waals surface area contributed by atoms with E-state index in [4.69, 9.17) is 14.2 Å². The van der Waals surface area contributed by atoms with Crippen LogP contribution in [-0.2, 0) is 9.53 Å². The number of nitrogens with zero attached hydrogens (tertiary/aromatic N) is 2. The lowest BCUT2D eigenvalue weighted by Gasteiger charge is -2.31. The van der Waals surface area contributed by atoms with Gasteiger partial charge in [-0.15, -0.1) is 0 Å². The first-order valence-corrected chi connectivity index (χ1v) is 12.5. The topological polar surface area (TPSA) is 118 Å². The smallest absolute Gasteiger partial charge is 0.409 e. The zero-order chi connectivity index (χ0) is 26.0. The van der Waals surface area contributed by atoms with Gasteiger partial charge in [0.05, 0.1) is 24.9 Å². The van der Waals surface area contributed by atoms with Crippen LogP contribution < -0.4 is 20.1 Å². The fourth-order valence-corrected chi connectivity index (χ4v) is 4.22. The van der Waals surface area contributed by atoms with Gasteiger partial charge in [0.2, 0.25) is 5.91 Å². The van der Waals surface area contributed by atoms with Crippen LogP contribution in [0.5, 0.6) is 11.5 Å². The highest BCUT2D eigenvalue weighted by Crippen LogP contribution is 2.30. The van der Waals surface area contributed by atoms with Crippen LogP contribution in [-0.4, -0.2) is 73.1 Å². The predicted octanol–water partition coefficient (Wildman–Crippen LogP) is 3.81. The summed E-state index contributed by atoms with van der Waals surface area (Å²) in [5.74, 6) is 0.849. The number of amides is 2. The number of carbonyl (C=O) groups is 2. The number of hydrogen-bond acceptors (Lipinski definition) is 7. The summed E-state index contributed by atoms with van der Waals surface area (Å²) in [6, 6.07) is 13.3. The maximum atomic E-state index is 12.4. The molecular formula is C27H33N5O5. The van der Waals surface area contributed by atoms with E-state index in [2.05, 4.69) is 20.8 Å². The second-order valence-electron chi connectivity index (χ2n) is 8.61. The van der Waals surface area contributed by atoms with Crippen molar-refractivity contribution in [3.8, 4) is 11.5 Å². The van der Waals surface area contributed by atoms with E-state index in [1.165, 1.54) is 6.08 Å². The van der Waals surface area contributed by atoms with Crippen molar-refractivity contribution in [1.29, 1.82) is 0 Å². The monoisotopic (exact) mass is 507 g/mol. The third-order valence-corrected chi connectivity index (χ3v) is 6.14. The Morgan fingerprint density at radius 3 is 2.76 bits per heavy atom. The normalized spacial score (nSPS) is 14.2. The molecule has 0 aliphatic carbocycles. The van der Waals surface area contributed by atoms with E-state index in [-0.39, 0.29) is 12.0 Å². The number of aromatic nitrogens is 2. The minimum absolute atomic E-state index is 0.238. The maximum absolute atomic E-state index is 12.4. The molecule has 10 nitrogen and oxygen atoms in total. The zero-order valence-corrected chi connectivity index (χ0v) is 21.2. The van der Waals surface area contributed by atoms with Crippen LogP contribution in [0.3, 0.4) is 0 Å². The van der Waals surface area contributed by atoms with Crippen molar-refractivity contribution in [1.82, 2.24) is 20.4 Å². The number of benzene rings is 2. The Kier molecular flexibility index (Phi) is 8.98. The van der Waals surface area contributed by atoms with E-state index in [9.17, 15) is 9.59 Å². The average Bonchev–Trinajstić information content (AvgIpc) is 3.34. The van der Waals surface area contributed by atoms with Crippen LogP contribution >= 0.6 is 0 Å². The molecule has 3 aromatic rings. The van der Waals surface area contributed by atoms with Crippen molar-refractivity contribution in [3.63, 3.8) is 0 Å². The summed E-state index contributed by atoms with van der Waals surface area (Å²) in [5.41, 5.74) is 2.21. The molecule has 2 heterocycles. The van der Waals surface area contributed by atoms with Crippen molar-refractivity contribution < 1.29 is 23.8 Å². The lowest BCUT2D eigenvalue weighted by molar-refractivity contribution is -0.111. The fourth-order valence-electron chi connectivity index (χ4n) is 4.22. The molecule has 1 saturated heterocycles. The van der Waals surface area contributed by atoms with Crippen LogP contribution in [0.15, 0.2) is 48.5 Å². The van der Waals surface area contributed by atoms with Gasteiger partial charge >= 0.3 is 6.09 Å². The van der Waals surface area contributed by atoms with Gasteiger partial charge < -0.3 is 29.7 Å². The highest BCUT2D eigenvalue weighted by molar-refractivity contribution is 6.03. The SMILES string of the molecule is CCOC(=O)N1CCC(NCCOc2ccc(NC(=O)C=Cc3n[nH]c4ccccc34)cc2OC)CC1.